The molecule has 0 aromatic carbocycles. The van der Waals surface area contributed by atoms with Crippen LogP contribution in [0, 0.1) is 5.41 Å². The Kier molecular flexibility index (Phi) is 3.80. The van der Waals surface area contributed by atoms with Gasteiger partial charge in [0.2, 0.25) is 5.06 Å². The number of methoxy groups -OCH3 is 1. The van der Waals surface area contributed by atoms with Crippen molar-refractivity contribution in [1.29, 1.82) is 0 Å². The fourth-order valence-electron chi connectivity index (χ4n) is 3.00. The molecule has 1 unspecified atom stereocenters. The first-order valence-corrected chi connectivity index (χ1v) is 7.27. The molecule has 2 aliphatic rings. The van der Waals surface area contributed by atoms with Gasteiger partial charge in [0.05, 0.1) is 0 Å². The van der Waals surface area contributed by atoms with E-state index in [0.717, 1.165) is 0 Å². The lowest BCUT2D eigenvalue weighted by Crippen LogP contribution is -2.66. The van der Waals surface area contributed by atoms with Crippen molar-refractivity contribution in [2.75, 3.05) is 20.2 Å². The quantitative estimate of drug-likeness (QED) is 0.699. The number of hydrogen-bond acceptors (Lipinski definition) is 4. The summed E-state index contributed by atoms with van der Waals surface area (Å²) in [5.41, 5.74) is -0.833. The van der Waals surface area contributed by atoms with Crippen molar-refractivity contribution in [2.45, 2.75) is 50.7 Å². The van der Waals surface area contributed by atoms with Gasteiger partial charge >= 0.3 is 6.09 Å². The molecular weight excluding hydrogens is 282 g/mol. The van der Waals surface area contributed by atoms with E-state index in [-0.39, 0.29) is 17.3 Å². The van der Waals surface area contributed by atoms with Gasteiger partial charge < -0.3 is 14.4 Å². The topological polar surface area (TPSA) is 55.8 Å². The second kappa shape index (κ2) is 4.88. The van der Waals surface area contributed by atoms with Crippen LogP contribution >= 0.6 is 11.6 Å². The van der Waals surface area contributed by atoms with Gasteiger partial charge in [0.1, 0.15) is 5.60 Å². The standard InChI is InChI=1S/C14H22ClNO4/c1-12(2,3)20-11(18)16-7-5-13(6-8-16)9-10(17)14(13,15)19-4/h5-9H2,1-4H3. The first-order chi connectivity index (χ1) is 9.13. The lowest BCUT2D eigenvalue weighted by molar-refractivity contribution is -0.177. The molecule has 2 fully saturated rings. The van der Waals surface area contributed by atoms with Gasteiger partial charge in [-0.15, -0.1) is 0 Å². The number of amides is 1. The number of likely N-dealkylation sites (tertiary alicyclic amines) is 1. The number of halogens is 1. The number of nitrogens with zero attached hydrogens (tertiary/aromatic N) is 1. The number of carbonyl (C=O) groups is 2. The highest BCUT2D eigenvalue weighted by molar-refractivity contribution is 6.37. The number of alkyl halides is 1. The summed E-state index contributed by atoms with van der Waals surface area (Å²) in [6.45, 7) is 6.61. The highest BCUT2D eigenvalue weighted by Gasteiger charge is 2.66. The summed E-state index contributed by atoms with van der Waals surface area (Å²) in [4.78, 5) is 25.4. The van der Waals surface area contributed by atoms with E-state index in [0.29, 0.717) is 32.4 Å². The van der Waals surface area contributed by atoms with Gasteiger partial charge in [-0.25, -0.2) is 4.79 Å². The second-order valence-electron chi connectivity index (χ2n) is 6.65. The third-order valence-corrected chi connectivity index (χ3v) is 4.96. The van der Waals surface area contributed by atoms with Gasteiger partial charge in [0.15, 0.2) is 5.78 Å². The van der Waals surface area contributed by atoms with Crippen LogP contribution in [0.25, 0.3) is 0 Å². The van der Waals surface area contributed by atoms with Crippen molar-refractivity contribution in [3.63, 3.8) is 0 Å². The van der Waals surface area contributed by atoms with E-state index < -0.39 is 10.7 Å². The third kappa shape index (κ3) is 2.42. The van der Waals surface area contributed by atoms with E-state index in [9.17, 15) is 9.59 Å². The largest absolute Gasteiger partial charge is 0.444 e. The summed E-state index contributed by atoms with van der Waals surface area (Å²) < 4.78 is 10.6. The van der Waals surface area contributed by atoms with E-state index in [1.165, 1.54) is 7.11 Å². The molecule has 114 valence electrons. The summed E-state index contributed by atoms with van der Waals surface area (Å²) in [6, 6.07) is 0. The first-order valence-electron chi connectivity index (χ1n) is 6.89. The van der Waals surface area contributed by atoms with Gasteiger partial charge in [-0.3, -0.25) is 4.79 Å². The molecule has 1 saturated carbocycles. The van der Waals surface area contributed by atoms with E-state index in [1.54, 1.807) is 4.90 Å². The fraction of sp³-hybridized carbons (Fsp3) is 0.857. The smallest absolute Gasteiger partial charge is 0.410 e. The van der Waals surface area contributed by atoms with Gasteiger partial charge in [-0.2, -0.15) is 0 Å². The van der Waals surface area contributed by atoms with E-state index in [2.05, 4.69) is 0 Å². The maximum Gasteiger partial charge on any atom is 0.410 e. The Bertz CT molecular complexity index is 423. The minimum absolute atomic E-state index is 0.0626. The number of Topliss-reactive ketones (excluding diaryl/α,β-unsaturated/α-hetero) is 1. The second-order valence-corrected chi connectivity index (χ2v) is 7.18. The average Bonchev–Trinajstić information content (AvgIpc) is 2.36. The number of ketones is 1. The van der Waals surface area contributed by atoms with Crippen LogP contribution < -0.4 is 0 Å². The molecule has 1 amide bonds. The summed E-state index contributed by atoms with van der Waals surface area (Å²) in [6.07, 6.45) is 1.45. The summed E-state index contributed by atoms with van der Waals surface area (Å²) in [7, 11) is 1.46. The maximum atomic E-state index is 12.0. The summed E-state index contributed by atoms with van der Waals surface area (Å²) in [5, 5.41) is -1.20. The lowest BCUT2D eigenvalue weighted by atomic mass is 9.59. The average molecular weight is 304 g/mol. The minimum Gasteiger partial charge on any atom is -0.444 e. The number of carbonyl (C=O) groups excluding carboxylic acids is 2. The van der Waals surface area contributed by atoms with Crippen LogP contribution in [-0.4, -0.2) is 47.6 Å². The Morgan fingerprint density at radius 3 is 2.25 bits per heavy atom. The molecule has 0 N–H and O–H groups in total. The van der Waals surface area contributed by atoms with Crippen LogP contribution in [0.4, 0.5) is 4.79 Å². The zero-order chi connectivity index (χ0) is 15.2. The highest BCUT2D eigenvalue weighted by atomic mass is 35.5. The molecule has 1 aliphatic heterocycles. The van der Waals surface area contributed by atoms with E-state index in [1.807, 2.05) is 20.8 Å². The molecular formula is C14H22ClNO4. The number of hydrogen-bond donors (Lipinski definition) is 0. The molecule has 0 aromatic rings. The zero-order valence-corrected chi connectivity index (χ0v) is 13.2. The molecule has 20 heavy (non-hydrogen) atoms. The molecule has 1 heterocycles. The molecule has 0 bridgehead atoms. The maximum absolute atomic E-state index is 12.0. The van der Waals surface area contributed by atoms with Crippen molar-refractivity contribution in [1.82, 2.24) is 4.90 Å². The molecule has 0 aromatic heterocycles. The van der Waals surface area contributed by atoms with Gasteiger partial charge in [-0.1, -0.05) is 11.6 Å². The van der Waals surface area contributed by atoms with Crippen LogP contribution in [0.15, 0.2) is 0 Å². The molecule has 2 rings (SSSR count). The monoisotopic (exact) mass is 303 g/mol. The highest BCUT2D eigenvalue weighted by Crippen LogP contribution is 2.58. The predicted molar refractivity (Wildman–Crippen MR) is 74.7 cm³/mol. The third-order valence-electron chi connectivity index (χ3n) is 4.19. The molecule has 5 nitrogen and oxygen atoms in total. The van der Waals surface area contributed by atoms with Crippen LogP contribution in [-0.2, 0) is 14.3 Å². The van der Waals surface area contributed by atoms with Crippen LogP contribution in [0.3, 0.4) is 0 Å². The van der Waals surface area contributed by atoms with E-state index >= 15 is 0 Å². The first kappa shape index (κ1) is 15.6. The summed E-state index contributed by atoms with van der Waals surface area (Å²) in [5.74, 6) is -0.0626. The lowest BCUT2D eigenvalue weighted by Gasteiger charge is -2.56. The Morgan fingerprint density at radius 2 is 1.85 bits per heavy atom. The van der Waals surface area contributed by atoms with Crippen LogP contribution in [0.5, 0.6) is 0 Å². The Morgan fingerprint density at radius 1 is 1.30 bits per heavy atom. The molecule has 1 atom stereocenters. The minimum atomic E-state index is -1.20. The van der Waals surface area contributed by atoms with Crippen molar-refractivity contribution < 1.29 is 19.1 Å². The van der Waals surface area contributed by atoms with Crippen LogP contribution in [0.1, 0.15) is 40.0 Å². The predicted octanol–water partition coefficient (Wildman–Crippen LogP) is 2.56. The van der Waals surface area contributed by atoms with Crippen molar-refractivity contribution >= 4 is 23.5 Å². The molecule has 0 radical (unpaired) electrons. The number of rotatable bonds is 1. The van der Waals surface area contributed by atoms with Crippen molar-refractivity contribution in [3.05, 3.63) is 0 Å². The molecule has 6 heteroatoms. The normalized spacial score (nSPS) is 29.2. The Labute approximate surface area is 124 Å². The van der Waals surface area contributed by atoms with E-state index in [4.69, 9.17) is 21.1 Å². The van der Waals surface area contributed by atoms with Gasteiger partial charge in [-0.05, 0) is 33.6 Å². The molecule has 1 spiro atoms. The fourth-order valence-corrected chi connectivity index (χ4v) is 3.32. The number of piperidine rings is 1. The summed E-state index contributed by atoms with van der Waals surface area (Å²) >= 11 is 6.31. The SMILES string of the molecule is COC1(Cl)C(=O)CC12CCN(C(=O)OC(C)(C)C)CC2. The van der Waals surface area contributed by atoms with Crippen molar-refractivity contribution in [3.8, 4) is 0 Å². The Balaban J connectivity index is 1.97. The Hall–Kier alpha value is -0.810. The van der Waals surface area contributed by atoms with Gasteiger partial charge in [0.25, 0.3) is 0 Å². The number of ether oxygens (including phenoxy) is 2. The van der Waals surface area contributed by atoms with Crippen molar-refractivity contribution in [2.24, 2.45) is 5.41 Å². The molecule has 1 saturated heterocycles. The van der Waals surface area contributed by atoms with Crippen LogP contribution in [0.2, 0.25) is 0 Å². The molecule has 1 aliphatic carbocycles. The zero-order valence-electron chi connectivity index (χ0n) is 12.5. The van der Waals surface area contributed by atoms with Gasteiger partial charge in [0, 0.05) is 32.0 Å².